The van der Waals surface area contributed by atoms with Crippen LogP contribution in [0.25, 0.3) is 10.4 Å². The van der Waals surface area contributed by atoms with Crippen molar-refractivity contribution in [3.05, 3.63) is 47.1 Å². The van der Waals surface area contributed by atoms with Crippen molar-refractivity contribution in [2.45, 2.75) is 51.0 Å². The summed E-state index contributed by atoms with van der Waals surface area (Å²) in [5.74, 6) is -0.0614. The number of aryl methyl sites for hydroxylation is 1. The third-order valence-electron chi connectivity index (χ3n) is 4.37. The molecule has 1 N–H and O–H groups in total. The van der Waals surface area contributed by atoms with Gasteiger partial charge >= 0.3 is 0 Å². The lowest BCUT2D eigenvalue weighted by atomic mass is 9.95. The predicted octanol–water partition coefficient (Wildman–Crippen LogP) is 4.94. The minimum atomic E-state index is -0.198. The van der Waals surface area contributed by atoms with Crippen LogP contribution in [-0.4, -0.2) is 11.9 Å². The molecule has 1 aromatic heterocycles. The molecule has 1 fully saturated rings. The number of hydrogen-bond donors (Lipinski definition) is 1. The van der Waals surface area contributed by atoms with Crippen LogP contribution < -0.4 is 5.32 Å². The largest absolute Gasteiger partial charge is 0.353 e. The maximum atomic E-state index is 13.8. The number of benzene rings is 1. The molecule has 1 aromatic carbocycles. The van der Waals surface area contributed by atoms with Gasteiger partial charge in [0.05, 0.1) is 0 Å². The average molecular weight is 331 g/mol. The highest BCUT2D eigenvalue weighted by molar-refractivity contribution is 7.15. The smallest absolute Gasteiger partial charge is 0.220 e. The standard InChI is InChI=1S/C19H22FNOS/c20-17-9-5-4-8-16(17)18-12-10-15(23-18)11-13-19(22)21-14-6-2-1-3-7-14/h4-5,8-10,12,14H,1-3,6-7,11,13H2,(H,21,22). The molecule has 0 unspecified atom stereocenters. The molecule has 4 heteroatoms. The van der Waals surface area contributed by atoms with Crippen molar-refractivity contribution >= 4 is 17.2 Å². The fourth-order valence-electron chi connectivity index (χ4n) is 3.10. The van der Waals surface area contributed by atoms with Crippen LogP contribution >= 0.6 is 11.3 Å². The van der Waals surface area contributed by atoms with Gasteiger partial charge in [-0.1, -0.05) is 37.5 Å². The zero-order valence-electron chi connectivity index (χ0n) is 13.2. The molecule has 2 aromatic rings. The zero-order chi connectivity index (χ0) is 16.1. The van der Waals surface area contributed by atoms with E-state index in [0.717, 1.165) is 29.0 Å². The lowest BCUT2D eigenvalue weighted by Crippen LogP contribution is -2.36. The summed E-state index contributed by atoms with van der Waals surface area (Å²) < 4.78 is 13.8. The van der Waals surface area contributed by atoms with E-state index in [-0.39, 0.29) is 11.7 Å². The summed E-state index contributed by atoms with van der Waals surface area (Å²) in [7, 11) is 0. The van der Waals surface area contributed by atoms with Crippen molar-refractivity contribution < 1.29 is 9.18 Å². The third kappa shape index (κ3) is 4.41. The van der Waals surface area contributed by atoms with E-state index in [4.69, 9.17) is 0 Å². The molecule has 23 heavy (non-hydrogen) atoms. The van der Waals surface area contributed by atoms with Gasteiger partial charge in [0.2, 0.25) is 5.91 Å². The van der Waals surface area contributed by atoms with Crippen LogP contribution in [0.1, 0.15) is 43.4 Å². The Morgan fingerprint density at radius 1 is 1.13 bits per heavy atom. The number of carbonyl (C=O) groups excluding carboxylic acids is 1. The quantitative estimate of drug-likeness (QED) is 0.826. The summed E-state index contributed by atoms with van der Waals surface area (Å²) in [6.07, 6.45) is 7.19. The second kappa shape index (κ2) is 7.73. The van der Waals surface area contributed by atoms with Gasteiger partial charge in [-0.2, -0.15) is 0 Å². The number of hydrogen-bond acceptors (Lipinski definition) is 2. The third-order valence-corrected chi connectivity index (χ3v) is 5.55. The molecular weight excluding hydrogens is 309 g/mol. The molecule has 0 spiro atoms. The molecule has 2 nitrogen and oxygen atoms in total. The van der Waals surface area contributed by atoms with E-state index in [1.807, 2.05) is 18.2 Å². The highest BCUT2D eigenvalue weighted by atomic mass is 32.1. The molecule has 0 bridgehead atoms. The van der Waals surface area contributed by atoms with Crippen molar-refractivity contribution in [2.24, 2.45) is 0 Å². The number of halogens is 1. The van der Waals surface area contributed by atoms with Gasteiger partial charge in [-0.3, -0.25) is 4.79 Å². The Bertz CT molecular complexity index is 661. The van der Waals surface area contributed by atoms with Crippen molar-refractivity contribution in [2.75, 3.05) is 0 Å². The SMILES string of the molecule is O=C(CCc1ccc(-c2ccccc2F)s1)NC1CCCCC1. The first-order valence-electron chi connectivity index (χ1n) is 8.35. The number of amides is 1. The predicted molar refractivity (Wildman–Crippen MR) is 93.0 cm³/mol. The second-order valence-corrected chi connectivity index (χ2v) is 7.32. The summed E-state index contributed by atoms with van der Waals surface area (Å²) in [4.78, 5) is 14.1. The van der Waals surface area contributed by atoms with Crippen molar-refractivity contribution in [1.29, 1.82) is 0 Å². The van der Waals surface area contributed by atoms with E-state index in [0.29, 0.717) is 18.0 Å². The van der Waals surface area contributed by atoms with Gasteiger partial charge in [-0.05, 0) is 37.5 Å². The molecule has 3 rings (SSSR count). The summed E-state index contributed by atoms with van der Waals surface area (Å²) in [6, 6.07) is 11.1. The Morgan fingerprint density at radius 3 is 2.70 bits per heavy atom. The molecule has 1 aliphatic carbocycles. The lowest BCUT2D eigenvalue weighted by molar-refractivity contribution is -0.121. The van der Waals surface area contributed by atoms with Crippen LogP contribution in [0.15, 0.2) is 36.4 Å². The normalized spacial score (nSPS) is 15.5. The summed E-state index contributed by atoms with van der Waals surface area (Å²) >= 11 is 1.57. The average Bonchev–Trinajstić information content (AvgIpc) is 3.03. The minimum Gasteiger partial charge on any atom is -0.353 e. The summed E-state index contributed by atoms with van der Waals surface area (Å²) in [5, 5.41) is 3.14. The van der Waals surface area contributed by atoms with Crippen molar-refractivity contribution in [3.63, 3.8) is 0 Å². The van der Waals surface area contributed by atoms with Crippen molar-refractivity contribution in [1.82, 2.24) is 5.32 Å². The molecule has 1 saturated carbocycles. The first-order chi connectivity index (χ1) is 11.2. The van der Waals surface area contributed by atoms with Gasteiger partial charge in [0.1, 0.15) is 5.82 Å². The van der Waals surface area contributed by atoms with Crippen molar-refractivity contribution in [3.8, 4) is 10.4 Å². The van der Waals surface area contributed by atoms with Gasteiger partial charge in [0, 0.05) is 27.8 Å². The van der Waals surface area contributed by atoms with E-state index in [9.17, 15) is 9.18 Å². The lowest BCUT2D eigenvalue weighted by Gasteiger charge is -2.22. The van der Waals surface area contributed by atoms with Crippen LogP contribution in [0.3, 0.4) is 0 Å². The first-order valence-corrected chi connectivity index (χ1v) is 9.17. The number of carbonyl (C=O) groups is 1. The zero-order valence-corrected chi connectivity index (χ0v) is 14.0. The summed E-state index contributed by atoms with van der Waals surface area (Å²) in [6.45, 7) is 0. The number of rotatable bonds is 5. The Balaban J connectivity index is 1.53. The fourth-order valence-corrected chi connectivity index (χ4v) is 4.14. The van der Waals surface area contributed by atoms with Gasteiger partial charge in [-0.25, -0.2) is 4.39 Å². The fraction of sp³-hybridized carbons (Fsp3) is 0.421. The van der Waals surface area contributed by atoms with Crippen LogP contribution in [-0.2, 0) is 11.2 Å². The van der Waals surface area contributed by atoms with E-state index < -0.39 is 0 Å². The van der Waals surface area contributed by atoms with E-state index in [2.05, 4.69) is 5.32 Å². The highest BCUT2D eigenvalue weighted by Gasteiger charge is 2.15. The highest BCUT2D eigenvalue weighted by Crippen LogP contribution is 2.30. The maximum absolute atomic E-state index is 13.8. The van der Waals surface area contributed by atoms with Crippen LogP contribution in [0.2, 0.25) is 0 Å². The Hall–Kier alpha value is -1.68. The number of nitrogens with one attached hydrogen (secondary N) is 1. The van der Waals surface area contributed by atoms with Gasteiger partial charge in [0.25, 0.3) is 0 Å². The van der Waals surface area contributed by atoms with E-state index >= 15 is 0 Å². The molecule has 0 aliphatic heterocycles. The second-order valence-electron chi connectivity index (χ2n) is 6.15. The topological polar surface area (TPSA) is 29.1 Å². The molecule has 122 valence electrons. The van der Waals surface area contributed by atoms with Gasteiger partial charge in [0.15, 0.2) is 0 Å². The first kappa shape index (κ1) is 16.2. The van der Waals surface area contributed by atoms with Crippen LogP contribution in [0.5, 0.6) is 0 Å². The Labute approximate surface area is 140 Å². The summed E-state index contributed by atoms with van der Waals surface area (Å²) in [5.41, 5.74) is 0.635. The van der Waals surface area contributed by atoms with Crippen LogP contribution in [0, 0.1) is 5.82 Å². The molecular formula is C19H22FNOS. The Kier molecular flexibility index (Phi) is 5.44. The van der Waals surface area contributed by atoms with E-state index in [1.165, 1.54) is 25.3 Å². The van der Waals surface area contributed by atoms with E-state index in [1.54, 1.807) is 23.5 Å². The minimum absolute atomic E-state index is 0.137. The molecule has 1 amide bonds. The molecule has 1 heterocycles. The Morgan fingerprint density at radius 2 is 1.91 bits per heavy atom. The molecule has 0 saturated heterocycles. The van der Waals surface area contributed by atoms with Gasteiger partial charge in [-0.15, -0.1) is 11.3 Å². The molecule has 0 atom stereocenters. The molecule has 0 radical (unpaired) electrons. The number of thiophene rings is 1. The maximum Gasteiger partial charge on any atom is 0.220 e. The van der Waals surface area contributed by atoms with Crippen LogP contribution in [0.4, 0.5) is 4.39 Å². The molecule has 1 aliphatic rings. The monoisotopic (exact) mass is 331 g/mol. The van der Waals surface area contributed by atoms with Gasteiger partial charge < -0.3 is 5.32 Å².